The molecule has 0 bridgehead atoms. The summed E-state index contributed by atoms with van der Waals surface area (Å²) in [6.07, 6.45) is 0. The van der Waals surface area contributed by atoms with Crippen LogP contribution in [0.15, 0.2) is 35.1 Å². The van der Waals surface area contributed by atoms with E-state index in [4.69, 9.17) is 10.5 Å². The van der Waals surface area contributed by atoms with Gasteiger partial charge in [-0.1, -0.05) is 18.2 Å². The van der Waals surface area contributed by atoms with Gasteiger partial charge in [0.1, 0.15) is 5.75 Å². The number of nitrogen functional groups attached to an aromatic ring is 1. The average molecular weight is 243 g/mol. The van der Waals surface area contributed by atoms with Crippen LogP contribution in [0.2, 0.25) is 0 Å². The molecule has 0 fully saturated rings. The Hall–Kier alpha value is -2.83. The number of imidazole rings is 1. The van der Waals surface area contributed by atoms with Gasteiger partial charge in [-0.25, -0.2) is 0 Å². The van der Waals surface area contributed by atoms with E-state index >= 15 is 0 Å². The lowest BCUT2D eigenvalue weighted by molar-refractivity contribution is 0.449. The van der Waals surface area contributed by atoms with Gasteiger partial charge in [0, 0.05) is 0 Å². The molecule has 0 spiro atoms. The van der Waals surface area contributed by atoms with E-state index in [0.29, 0.717) is 5.75 Å². The van der Waals surface area contributed by atoms with E-state index in [1.54, 1.807) is 12.1 Å². The summed E-state index contributed by atoms with van der Waals surface area (Å²) in [5.74, 6) is 0.631. The number of ether oxygens (including phenoxy) is 1. The van der Waals surface area contributed by atoms with Crippen LogP contribution in [0.3, 0.4) is 0 Å². The molecule has 0 aliphatic rings. The quantitative estimate of drug-likeness (QED) is 0.622. The zero-order valence-corrected chi connectivity index (χ0v) is 9.18. The highest BCUT2D eigenvalue weighted by Crippen LogP contribution is 2.19. The minimum atomic E-state index is -0.382. The first-order valence-corrected chi connectivity index (χ1v) is 5.21. The van der Waals surface area contributed by atoms with E-state index < -0.39 is 0 Å². The zero-order valence-electron chi connectivity index (χ0n) is 9.18. The van der Waals surface area contributed by atoms with Crippen LogP contribution in [0.25, 0.3) is 11.2 Å². The van der Waals surface area contributed by atoms with Crippen LogP contribution < -0.4 is 16.0 Å². The highest BCUT2D eigenvalue weighted by Gasteiger charge is 2.09. The standard InChI is InChI=1S/C11H9N5O2/c12-10-14-8-7(9(17)16-10)13-11(15-8)18-6-4-2-1-3-5-6/h1-5H,(H4,12,13,14,15,16,17). The number of rotatable bonds is 2. The molecular formula is C11H9N5O2. The Morgan fingerprint density at radius 3 is 2.67 bits per heavy atom. The van der Waals surface area contributed by atoms with Crippen LogP contribution in [0.1, 0.15) is 0 Å². The van der Waals surface area contributed by atoms with Crippen LogP contribution in [0.4, 0.5) is 5.95 Å². The maximum atomic E-state index is 11.6. The fourth-order valence-corrected chi connectivity index (χ4v) is 1.55. The third-order valence-electron chi connectivity index (χ3n) is 2.32. The van der Waals surface area contributed by atoms with Gasteiger partial charge in [-0.3, -0.25) is 9.78 Å². The van der Waals surface area contributed by atoms with Gasteiger partial charge in [0.15, 0.2) is 11.2 Å². The molecule has 7 nitrogen and oxygen atoms in total. The van der Waals surface area contributed by atoms with Crippen molar-refractivity contribution in [3.63, 3.8) is 0 Å². The summed E-state index contributed by atoms with van der Waals surface area (Å²) in [6, 6.07) is 9.29. The molecule has 1 aromatic carbocycles. The third kappa shape index (κ3) is 1.77. The average Bonchev–Trinajstić information content (AvgIpc) is 2.73. The van der Waals surface area contributed by atoms with Crippen LogP contribution >= 0.6 is 0 Å². The smallest absolute Gasteiger partial charge is 0.301 e. The monoisotopic (exact) mass is 243 g/mol. The van der Waals surface area contributed by atoms with Crippen molar-refractivity contribution < 1.29 is 4.74 Å². The van der Waals surface area contributed by atoms with E-state index in [9.17, 15) is 4.79 Å². The normalized spacial score (nSPS) is 10.7. The Balaban J connectivity index is 2.04. The van der Waals surface area contributed by atoms with Gasteiger partial charge >= 0.3 is 6.01 Å². The number of hydrogen-bond acceptors (Lipinski definition) is 5. The fraction of sp³-hybridized carbons (Fsp3) is 0. The van der Waals surface area contributed by atoms with Gasteiger partial charge in [-0.15, -0.1) is 0 Å². The van der Waals surface area contributed by atoms with Gasteiger partial charge in [0.2, 0.25) is 5.95 Å². The maximum Gasteiger partial charge on any atom is 0.301 e. The van der Waals surface area contributed by atoms with E-state index in [2.05, 4.69) is 19.9 Å². The third-order valence-corrected chi connectivity index (χ3v) is 2.32. The minimum absolute atomic E-state index is 0.0188. The van der Waals surface area contributed by atoms with Gasteiger partial charge in [0.25, 0.3) is 5.56 Å². The van der Waals surface area contributed by atoms with Gasteiger partial charge in [-0.2, -0.15) is 9.97 Å². The van der Waals surface area contributed by atoms with E-state index in [-0.39, 0.29) is 28.7 Å². The molecule has 7 heteroatoms. The van der Waals surface area contributed by atoms with Crippen LogP contribution in [-0.2, 0) is 0 Å². The molecule has 0 saturated carbocycles. The lowest BCUT2D eigenvalue weighted by Gasteiger charge is -1.99. The molecule has 3 aromatic rings. The Bertz CT molecular complexity index is 747. The number of aromatic amines is 2. The number of anilines is 1. The molecule has 18 heavy (non-hydrogen) atoms. The van der Waals surface area contributed by atoms with E-state index in [0.717, 1.165) is 0 Å². The summed E-state index contributed by atoms with van der Waals surface area (Å²) in [6.45, 7) is 0. The first-order chi connectivity index (χ1) is 8.72. The second kappa shape index (κ2) is 3.88. The Kier molecular flexibility index (Phi) is 2.23. The van der Waals surface area contributed by atoms with Crippen molar-refractivity contribution in [1.82, 2.24) is 19.9 Å². The number of benzene rings is 1. The van der Waals surface area contributed by atoms with Crippen molar-refractivity contribution in [3.8, 4) is 11.8 Å². The summed E-state index contributed by atoms with van der Waals surface area (Å²) in [5, 5.41) is 0. The highest BCUT2D eigenvalue weighted by molar-refractivity contribution is 5.71. The second-order valence-electron chi connectivity index (χ2n) is 3.61. The van der Waals surface area contributed by atoms with Gasteiger partial charge < -0.3 is 15.5 Å². The number of hydrogen-bond donors (Lipinski definition) is 3. The van der Waals surface area contributed by atoms with E-state index in [1.165, 1.54) is 0 Å². The SMILES string of the molecule is Nc1nc2nc(Oc3ccccc3)[nH]c2c(=O)[nH]1. The van der Waals surface area contributed by atoms with Gasteiger partial charge in [0.05, 0.1) is 0 Å². The van der Waals surface area contributed by atoms with Crippen molar-refractivity contribution in [1.29, 1.82) is 0 Å². The van der Waals surface area contributed by atoms with Crippen molar-refractivity contribution >= 4 is 17.1 Å². The highest BCUT2D eigenvalue weighted by atomic mass is 16.5. The number of nitrogens with one attached hydrogen (secondary N) is 2. The number of para-hydroxylation sites is 1. The summed E-state index contributed by atoms with van der Waals surface area (Å²) >= 11 is 0. The minimum Gasteiger partial charge on any atom is -0.426 e. The number of aromatic nitrogens is 4. The fourth-order valence-electron chi connectivity index (χ4n) is 1.55. The molecule has 0 aliphatic carbocycles. The van der Waals surface area contributed by atoms with Crippen molar-refractivity contribution in [2.75, 3.05) is 5.73 Å². The topological polar surface area (TPSA) is 110 Å². The summed E-state index contributed by atoms with van der Waals surface area (Å²) in [5.41, 5.74) is 5.50. The first kappa shape index (κ1) is 10.3. The summed E-state index contributed by atoms with van der Waals surface area (Å²) in [4.78, 5) is 24.6. The predicted octanol–water partition coefficient (Wildman–Crippen LogP) is 1.02. The van der Waals surface area contributed by atoms with Crippen molar-refractivity contribution in [2.24, 2.45) is 0 Å². The molecule has 0 unspecified atom stereocenters. The second-order valence-corrected chi connectivity index (χ2v) is 3.61. The lowest BCUT2D eigenvalue weighted by atomic mass is 10.3. The number of nitrogens with two attached hydrogens (primary N) is 1. The number of H-pyrrole nitrogens is 2. The van der Waals surface area contributed by atoms with Crippen molar-refractivity contribution in [3.05, 3.63) is 40.7 Å². The molecule has 3 rings (SSSR count). The molecular weight excluding hydrogens is 234 g/mol. The van der Waals surface area contributed by atoms with Crippen LogP contribution in [-0.4, -0.2) is 19.9 Å². The first-order valence-electron chi connectivity index (χ1n) is 5.21. The molecule has 4 N–H and O–H groups in total. The Morgan fingerprint density at radius 1 is 1.11 bits per heavy atom. The lowest BCUT2D eigenvalue weighted by Crippen LogP contribution is -2.10. The molecule has 0 atom stereocenters. The molecule has 0 radical (unpaired) electrons. The van der Waals surface area contributed by atoms with Crippen LogP contribution in [0, 0.1) is 0 Å². The largest absolute Gasteiger partial charge is 0.426 e. The molecule has 2 heterocycles. The molecule has 0 amide bonds. The predicted molar refractivity (Wildman–Crippen MR) is 65.4 cm³/mol. The molecule has 0 aliphatic heterocycles. The molecule has 90 valence electrons. The zero-order chi connectivity index (χ0) is 12.5. The van der Waals surface area contributed by atoms with Crippen molar-refractivity contribution in [2.45, 2.75) is 0 Å². The Labute approximate surface area is 101 Å². The number of nitrogens with zero attached hydrogens (tertiary/aromatic N) is 2. The Morgan fingerprint density at radius 2 is 1.89 bits per heavy atom. The van der Waals surface area contributed by atoms with Gasteiger partial charge in [-0.05, 0) is 12.1 Å². The maximum absolute atomic E-state index is 11.6. The molecule has 0 saturated heterocycles. The summed E-state index contributed by atoms with van der Waals surface area (Å²) in [7, 11) is 0. The molecule has 2 aromatic heterocycles. The summed E-state index contributed by atoms with van der Waals surface area (Å²) < 4.78 is 5.46. The number of fused-ring (bicyclic) bond motifs is 1. The van der Waals surface area contributed by atoms with Crippen LogP contribution in [0.5, 0.6) is 11.8 Å². The van der Waals surface area contributed by atoms with E-state index in [1.807, 2.05) is 18.2 Å².